The number of phenolic OH excluding ortho intramolecular Hbond substituents is 2. The lowest BCUT2D eigenvalue weighted by Gasteiger charge is -2.27. The zero-order valence-corrected chi connectivity index (χ0v) is 11.7. The summed E-state index contributed by atoms with van der Waals surface area (Å²) in [6.45, 7) is -0.146. The highest BCUT2D eigenvalue weighted by Crippen LogP contribution is 2.40. The van der Waals surface area contributed by atoms with Gasteiger partial charge in [0.25, 0.3) is 0 Å². The Morgan fingerprint density at radius 2 is 2.00 bits per heavy atom. The van der Waals surface area contributed by atoms with Gasteiger partial charge in [-0.25, -0.2) is 4.79 Å². The van der Waals surface area contributed by atoms with Gasteiger partial charge in [-0.05, 0) is 5.57 Å². The summed E-state index contributed by atoms with van der Waals surface area (Å²) in [6, 6.07) is 2.20. The molecule has 0 aliphatic carbocycles. The van der Waals surface area contributed by atoms with Crippen molar-refractivity contribution in [2.45, 2.75) is 12.5 Å². The SMILES string of the molecule is O=C(O)CC1OC(=O)C=C1C1COc2cc(O)cc(O)c2C1=O. The van der Waals surface area contributed by atoms with Gasteiger partial charge in [0, 0.05) is 18.2 Å². The summed E-state index contributed by atoms with van der Waals surface area (Å²) in [6.07, 6.45) is -0.420. The molecule has 0 saturated heterocycles. The topological polar surface area (TPSA) is 130 Å². The number of aliphatic carboxylic acids is 1. The van der Waals surface area contributed by atoms with Crippen LogP contribution < -0.4 is 4.74 Å². The number of rotatable bonds is 3. The number of phenols is 2. The van der Waals surface area contributed by atoms with Crippen LogP contribution in [0.3, 0.4) is 0 Å². The van der Waals surface area contributed by atoms with Crippen molar-refractivity contribution in [2.75, 3.05) is 6.61 Å². The normalized spacial score (nSPS) is 22.9. The number of ether oxygens (including phenoxy) is 2. The molecule has 1 aromatic rings. The summed E-state index contributed by atoms with van der Waals surface area (Å²) < 4.78 is 10.3. The largest absolute Gasteiger partial charge is 0.508 e. The van der Waals surface area contributed by atoms with E-state index in [1.165, 1.54) is 6.07 Å². The summed E-state index contributed by atoms with van der Waals surface area (Å²) in [5.74, 6) is -4.03. The Morgan fingerprint density at radius 1 is 1.26 bits per heavy atom. The molecule has 2 aliphatic heterocycles. The van der Waals surface area contributed by atoms with Gasteiger partial charge in [-0.2, -0.15) is 0 Å². The fourth-order valence-electron chi connectivity index (χ4n) is 2.73. The summed E-state index contributed by atoms with van der Waals surface area (Å²) in [5, 5.41) is 28.1. The zero-order valence-electron chi connectivity index (χ0n) is 11.7. The number of hydrogen-bond donors (Lipinski definition) is 3. The Labute approximate surface area is 129 Å². The number of carbonyl (C=O) groups is 3. The lowest BCUT2D eigenvalue weighted by molar-refractivity contribution is -0.144. The number of carbonyl (C=O) groups excluding carboxylic acids is 2. The molecule has 8 heteroatoms. The van der Waals surface area contributed by atoms with E-state index in [1.807, 2.05) is 0 Å². The van der Waals surface area contributed by atoms with Gasteiger partial charge in [-0.15, -0.1) is 0 Å². The van der Waals surface area contributed by atoms with Crippen molar-refractivity contribution in [2.24, 2.45) is 5.92 Å². The van der Waals surface area contributed by atoms with Crippen molar-refractivity contribution in [3.63, 3.8) is 0 Å². The third-order valence-corrected chi connectivity index (χ3v) is 3.71. The first kappa shape index (κ1) is 14.9. The smallest absolute Gasteiger partial charge is 0.331 e. The van der Waals surface area contributed by atoms with Crippen molar-refractivity contribution in [1.29, 1.82) is 0 Å². The van der Waals surface area contributed by atoms with Crippen LogP contribution in [0.2, 0.25) is 0 Å². The number of aromatic hydroxyl groups is 2. The number of fused-ring (bicyclic) bond motifs is 1. The first-order chi connectivity index (χ1) is 10.9. The minimum Gasteiger partial charge on any atom is -0.508 e. The van der Waals surface area contributed by atoms with Gasteiger partial charge >= 0.3 is 11.9 Å². The Bertz CT molecular complexity index is 748. The highest BCUT2D eigenvalue weighted by molar-refractivity contribution is 6.06. The zero-order chi connectivity index (χ0) is 16.7. The highest BCUT2D eigenvalue weighted by atomic mass is 16.5. The van der Waals surface area contributed by atoms with E-state index >= 15 is 0 Å². The molecule has 120 valence electrons. The average molecular weight is 320 g/mol. The number of hydrogen-bond acceptors (Lipinski definition) is 7. The van der Waals surface area contributed by atoms with E-state index in [2.05, 4.69) is 0 Å². The molecule has 0 amide bonds. The van der Waals surface area contributed by atoms with Crippen LogP contribution in [0.15, 0.2) is 23.8 Å². The van der Waals surface area contributed by atoms with Crippen molar-refractivity contribution in [3.05, 3.63) is 29.3 Å². The van der Waals surface area contributed by atoms with Gasteiger partial charge < -0.3 is 24.8 Å². The number of cyclic esters (lactones) is 1. The van der Waals surface area contributed by atoms with E-state index in [9.17, 15) is 24.6 Å². The maximum Gasteiger partial charge on any atom is 0.331 e. The third-order valence-electron chi connectivity index (χ3n) is 3.71. The van der Waals surface area contributed by atoms with Crippen LogP contribution in [-0.4, -0.2) is 45.8 Å². The van der Waals surface area contributed by atoms with Crippen LogP contribution in [0.1, 0.15) is 16.8 Å². The van der Waals surface area contributed by atoms with Gasteiger partial charge in [0.15, 0.2) is 5.78 Å². The maximum atomic E-state index is 12.6. The molecular weight excluding hydrogens is 308 g/mol. The summed E-state index contributed by atoms with van der Waals surface area (Å²) in [4.78, 5) is 34.9. The molecular formula is C15H12O8. The van der Waals surface area contributed by atoms with E-state index in [1.54, 1.807) is 0 Å². The second-order valence-electron chi connectivity index (χ2n) is 5.23. The molecule has 2 unspecified atom stereocenters. The number of Topliss-reactive ketones (excluding diaryl/α,β-unsaturated/α-hetero) is 1. The molecule has 2 heterocycles. The molecule has 8 nitrogen and oxygen atoms in total. The highest BCUT2D eigenvalue weighted by Gasteiger charge is 2.41. The number of benzene rings is 1. The van der Waals surface area contributed by atoms with Crippen LogP contribution in [0.5, 0.6) is 17.2 Å². The standard InChI is InChI=1S/C15H12O8/c16-6-1-9(17)14-11(2-6)22-5-8(15(14)21)7-3-13(20)23-10(7)4-12(18)19/h1-3,8,10,16-17H,4-5H2,(H,18,19). The quantitative estimate of drug-likeness (QED) is 0.691. The molecule has 3 rings (SSSR count). The molecule has 2 aliphatic rings. The van der Waals surface area contributed by atoms with Crippen LogP contribution >= 0.6 is 0 Å². The fraction of sp³-hybridized carbons (Fsp3) is 0.267. The van der Waals surface area contributed by atoms with Gasteiger partial charge in [0.05, 0.1) is 12.3 Å². The molecule has 0 spiro atoms. The van der Waals surface area contributed by atoms with Gasteiger partial charge in [0.2, 0.25) is 0 Å². The monoisotopic (exact) mass is 320 g/mol. The van der Waals surface area contributed by atoms with E-state index in [4.69, 9.17) is 14.6 Å². The number of carboxylic acid groups (broad SMARTS) is 1. The van der Waals surface area contributed by atoms with E-state index in [-0.39, 0.29) is 29.2 Å². The predicted molar refractivity (Wildman–Crippen MR) is 73.3 cm³/mol. The van der Waals surface area contributed by atoms with Gasteiger partial charge in [0.1, 0.15) is 35.5 Å². The van der Waals surface area contributed by atoms with Gasteiger partial charge in [-0.3, -0.25) is 9.59 Å². The van der Waals surface area contributed by atoms with E-state index in [0.717, 1.165) is 12.1 Å². The number of esters is 1. The Morgan fingerprint density at radius 3 is 2.70 bits per heavy atom. The molecule has 23 heavy (non-hydrogen) atoms. The second kappa shape index (κ2) is 5.31. The molecule has 0 bridgehead atoms. The van der Waals surface area contributed by atoms with Crippen molar-refractivity contribution in [3.8, 4) is 17.2 Å². The van der Waals surface area contributed by atoms with Gasteiger partial charge in [-0.1, -0.05) is 0 Å². The molecule has 3 N–H and O–H groups in total. The lowest BCUT2D eigenvalue weighted by Crippen LogP contribution is -2.33. The summed E-state index contributed by atoms with van der Waals surface area (Å²) in [7, 11) is 0. The lowest BCUT2D eigenvalue weighted by atomic mass is 9.85. The predicted octanol–water partition coefficient (Wildman–Crippen LogP) is 0.616. The average Bonchev–Trinajstić information content (AvgIpc) is 2.78. The van der Waals surface area contributed by atoms with Crippen molar-refractivity contribution >= 4 is 17.7 Å². The van der Waals surface area contributed by atoms with Crippen molar-refractivity contribution < 1.29 is 39.2 Å². The minimum absolute atomic E-state index is 0.0318. The number of carboxylic acids is 1. The maximum absolute atomic E-state index is 12.6. The fourth-order valence-corrected chi connectivity index (χ4v) is 2.73. The van der Waals surface area contributed by atoms with Crippen molar-refractivity contribution in [1.82, 2.24) is 0 Å². The first-order valence-corrected chi connectivity index (χ1v) is 6.73. The Hall–Kier alpha value is -3.03. The number of ketones is 1. The molecule has 0 saturated carbocycles. The summed E-state index contributed by atoms with van der Waals surface area (Å²) in [5.41, 5.74) is 0.0916. The van der Waals surface area contributed by atoms with Crippen LogP contribution in [0.25, 0.3) is 0 Å². The third kappa shape index (κ3) is 2.59. The molecule has 0 radical (unpaired) electrons. The van der Waals surface area contributed by atoms with Crippen LogP contribution in [0, 0.1) is 5.92 Å². The van der Waals surface area contributed by atoms with Crippen LogP contribution in [-0.2, 0) is 14.3 Å². The van der Waals surface area contributed by atoms with Crippen LogP contribution in [0.4, 0.5) is 0 Å². The Balaban J connectivity index is 1.96. The minimum atomic E-state index is -1.17. The second-order valence-corrected chi connectivity index (χ2v) is 5.23. The molecule has 0 aromatic heterocycles. The first-order valence-electron chi connectivity index (χ1n) is 6.73. The summed E-state index contributed by atoms with van der Waals surface area (Å²) >= 11 is 0. The molecule has 1 aromatic carbocycles. The Kier molecular flexibility index (Phi) is 3.44. The van der Waals surface area contributed by atoms with E-state index in [0.29, 0.717) is 0 Å². The van der Waals surface area contributed by atoms with E-state index < -0.39 is 41.9 Å². The molecule has 0 fully saturated rings. The molecule has 2 atom stereocenters.